The van der Waals surface area contributed by atoms with Gasteiger partial charge in [0.25, 0.3) is 5.91 Å². The molecular weight excluding hydrogens is 453 g/mol. The number of rotatable bonds is 6. The van der Waals surface area contributed by atoms with Crippen molar-refractivity contribution < 1.29 is 18.7 Å². The average Bonchev–Trinajstić information content (AvgIpc) is 3.33. The maximum absolute atomic E-state index is 15.1. The fourth-order valence-electron chi connectivity index (χ4n) is 3.75. The fraction of sp³-hybridized carbons (Fsp3) is 0.261. The summed E-state index contributed by atoms with van der Waals surface area (Å²) in [6.07, 6.45) is 4.13. The Kier molecular flexibility index (Phi) is 6.43. The first kappa shape index (κ1) is 22.2. The first-order valence-corrected chi connectivity index (χ1v) is 10.9. The Morgan fingerprint density at radius 1 is 1.22 bits per heavy atom. The summed E-state index contributed by atoms with van der Waals surface area (Å²) < 4.78 is 26.1. The van der Waals surface area contributed by atoms with Crippen LogP contribution >= 0.6 is 23.8 Å². The van der Waals surface area contributed by atoms with Crippen LogP contribution in [-0.4, -0.2) is 41.0 Å². The highest BCUT2D eigenvalue weighted by Crippen LogP contribution is 2.36. The molecular formula is C23H21ClFN3O3S. The minimum Gasteiger partial charge on any atom is -0.496 e. The normalized spacial score (nSPS) is 13.4. The Labute approximate surface area is 195 Å². The molecule has 166 valence electrons. The SMILES string of the molecule is COc1cc2nccc(Oc3ccc(CC(=S)N4CCCC4)c(Cl)c3F)c2cc1C(N)=O. The van der Waals surface area contributed by atoms with E-state index in [1.54, 1.807) is 18.2 Å². The molecule has 1 aliphatic rings. The van der Waals surface area contributed by atoms with Crippen LogP contribution in [0.25, 0.3) is 10.9 Å². The molecule has 0 aliphatic carbocycles. The van der Waals surface area contributed by atoms with Crippen LogP contribution in [0.15, 0.2) is 36.5 Å². The molecule has 2 aromatic carbocycles. The second-order valence-corrected chi connectivity index (χ2v) is 8.31. The number of carbonyl (C=O) groups excluding carboxylic acids is 1. The number of thiocarbonyl (C=S) groups is 1. The molecule has 32 heavy (non-hydrogen) atoms. The molecule has 1 aromatic heterocycles. The molecule has 1 fully saturated rings. The van der Waals surface area contributed by atoms with Gasteiger partial charge in [-0.1, -0.05) is 29.9 Å². The molecule has 1 aliphatic heterocycles. The van der Waals surface area contributed by atoms with Gasteiger partial charge in [0.05, 0.1) is 28.2 Å². The molecule has 0 unspecified atom stereocenters. The molecule has 9 heteroatoms. The summed E-state index contributed by atoms with van der Waals surface area (Å²) in [5.74, 6) is -0.791. The number of amides is 1. The number of pyridine rings is 1. The number of nitrogens with two attached hydrogens (primary N) is 1. The average molecular weight is 474 g/mol. The third-order valence-corrected chi connectivity index (χ3v) is 6.25. The minimum absolute atomic E-state index is 0.0260. The number of likely N-dealkylation sites (tertiary alicyclic amines) is 1. The summed E-state index contributed by atoms with van der Waals surface area (Å²) in [5.41, 5.74) is 6.73. The van der Waals surface area contributed by atoms with Crippen molar-refractivity contribution in [3.63, 3.8) is 0 Å². The lowest BCUT2D eigenvalue weighted by molar-refractivity contribution is 0.0997. The van der Waals surface area contributed by atoms with E-state index in [4.69, 9.17) is 39.0 Å². The van der Waals surface area contributed by atoms with Crippen LogP contribution in [0.3, 0.4) is 0 Å². The van der Waals surface area contributed by atoms with Crippen molar-refractivity contribution in [2.45, 2.75) is 19.3 Å². The summed E-state index contributed by atoms with van der Waals surface area (Å²) in [6, 6.07) is 7.90. The minimum atomic E-state index is -0.679. The summed E-state index contributed by atoms with van der Waals surface area (Å²) in [6.45, 7) is 1.85. The van der Waals surface area contributed by atoms with Gasteiger partial charge in [-0.3, -0.25) is 9.78 Å². The molecule has 0 bridgehead atoms. The van der Waals surface area contributed by atoms with E-state index in [0.29, 0.717) is 34.4 Å². The van der Waals surface area contributed by atoms with Crippen LogP contribution in [0.1, 0.15) is 28.8 Å². The van der Waals surface area contributed by atoms with Gasteiger partial charge in [-0.2, -0.15) is 0 Å². The fourth-order valence-corrected chi connectivity index (χ4v) is 4.31. The lowest BCUT2D eigenvalue weighted by Crippen LogP contribution is -2.27. The van der Waals surface area contributed by atoms with E-state index < -0.39 is 11.7 Å². The Balaban J connectivity index is 1.65. The van der Waals surface area contributed by atoms with Crippen molar-refractivity contribution in [2.75, 3.05) is 20.2 Å². The molecule has 6 nitrogen and oxygen atoms in total. The van der Waals surface area contributed by atoms with E-state index in [1.165, 1.54) is 25.4 Å². The van der Waals surface area contributed by atoms with Crippen molar-refractivity contribution in [1.82, 2.24) is 9.88 Å². The highest BCUT2D eigenvalue weighted by atomic mass is 35.5. The molecule has 0 atom stereocenters. The smallest absolute Gasteiger partial charge is 0.252 e. The number of fused-ring (bicyclic) bond motifs is 1. The van der Waals surface area contributed by atoms with E-state index in [2.05, 4.69) is 9.88 Å². The first-order chi connectivity index (χ1) is 15.4. The van der Waals surface area contributed by atoms with E-state index in [0.717, 1.165) is 30.9 Å². The van der Waals surface area contributed by atoms with Crippen molar-refractivity contribution in [3.8, 4) is 17.2 Å². The van der Waals surface area contributed by atoms with Gasteiger partial charge in [0.15, 0.2) is 11.6 Å². The number of hydrogen-bond donors (Lipinski definition) is 1. The van der Waals surface area contributed by atoms with Crippen molar-refractivity contribution >= 4 is 45.6 Å². The van der Waals surface area contributed by atoms with E-state index in [1.807, 2.05) is 0 Å². The Bertz CT molecular complexity index is 1210. The number of hydrogen-bond acceptors (Lipinski definition) is 5. The maximum Gasteiger partial charge on any atom is 0.252 e. The van der Waals surface area contributed by atoms with Gasteiger partial charge in [-0.05, 0) is 36.6 Å². The second kappa shape index (κ2) is 9.26. The molecule has 2 N–H and O–H groups in total. The lowest BCUT2D eigenvalue weighted by atomic mass is 10.1. The van der Waals surface area contributed by atoms with Gasteiger partial charge >= 0.3 is 0 Å². The zero-order chi connectivity index (χ0) is 22.8. The molecule has 1 saturated heterocycles. The molecule has 4 rings (SSSR count). The molecule has 2 heterocycles. The summed E-state index contributed by atoms with van der Waals surface area (Å²) >= 11 is 11.8. The number of aromatic nitrogens is 1. The van der Waals surface area contributed by atoms with Crippen LogP contribution < -0.4 is 15.2 Å². The topological polar surface area (TPSA) is 77.7 Å². The van der Waals surface area contributed by atoms with Gasteiger partial charge in [0.1, 0.15) is 11.5 Å². The van der Waals surface area contributed by atoms with Crippen molar-refractivity contribution in [1.29, 1.82) is 0 Å². The Morgan fingerprint density at radius 3 is 2.66 bits per heavy atom. The molecule has 0 saturated carbocycles. The van der Waals surface area contributed by atoms with Gasteiger partial charge in [0, 0.05) is 37.2 Å². The molecule has 0 spiro atoms. The van der Waals surface area contributed by atoms with Crippen molar-refractivity contribution in [2.24, 2.45) is 5.73 Å². The van der Waals surface area contributed by atoms with Crippen LogP contribution in [0.5, 0.6) is 17.2 Å². The number of ether oxygens (including phenoxy) is 2. The Morgan fingerprint density at radius 2 is 1.97 bits per heavy atom. The first-order valence-electron chi connectivity index (χ1n) is 10.1. The van der Waals surface area contributed by atoms with Gasteiger partial charge < -0.3 is 20.1 Å². The monoisotopic (exact) mass is 473 g/mol. The summed E-state index contributed by atoms with van der Waals surface area (Å²) in [4.78, 5) is 19.0. The number of carbonyl (C=O) groups is 1. The summed E-state index contributed by atoms with van der Waals surface area (Å²) in [7, 11) is 1.43. The van der Waals surface area contributed by atoms with Crippen LogP contribution in [0, 0.1) is 5.82 Å². The predicted octanol–water partition coefficient (Wildman–Crippen LogP) is 4.89. The highest BCUT2D eigenvalue weighted by molar-refractivity contribution is 7.80. The molecule has 1 amide bonds. The highest BCUT2D eigenvalue weighted by Gasteiger charge is 2.20. The predicted molar refractivity (Wildman–Crippen MR) is 125 cm³/mol. The maximum atomic E-state index is 15.1. The number of nitrogens with zero attached hydrogens (tertiary/aromatic N) is 2. The van der Waals surface area contributed by atoms with Crippen LogP contribution in [0.4, 0.5) is 4.39 Å². The zero-order valence-electron chi connectivity index (χ0n) is 17.4. The van der Waals surface area contributed by atoms with Gasteiger partial charge in [-0.15, -0.1) is 0 Å². The molecule has 3 aromatic rings. The molecule has 0 radical (unpaired) electrons. The lowest BCUT2D eigenvalue weighted by Gasteiger charge is -2.19. The third kappa shape index (κ3) is 4.33. The summed E-state index contributed by atoms with van der Waals surface area (Å²) in [5, 5.41) is 0.457. The Hall–Kier alpha value is -2.97. The third-order valence-electron chi connectivity index (χ3n) is 5.44. The zero-order valence-corrected chi connectivity index (χ0v) is 18.9. The number of primary amides is 1. The van der Waals surface area contributed by atoms with Crippen molar-refractivity contribution in [3.05, 3.63) is 58.5 Å². The van der Waals surface area contributed by atoms with Gasteiger partial charge in [0.2, 0.25) is 0 Å². The number of halogens is 2. The number of methoxy groups -OCH3 is 1. The standard InChI is InChI=1S/C23H21ClFN3O3S/c1-30-19-12-16-14(11-15(19)23(26)29)17(6-7-27-16)31-18-5-4-13(21(24)22(18)25)10-20(32)28-8-2-3-9-28/h4-7,11-12H,2-3,8-10H2,1H3,(H2,26,29). The van der Waals surface area contributed by atoms with E-state index >= 15 is 4.39 Å². The number of benzene rings is 2. The van der Waals surface area contributed by atoms with Crippen LogP contribution in [0.2, 0.25) is 5.02 Å². The quantitative estimate of drug-likeness (QED) is 0.513. The van der Waals surface area contributed by atoms with E-state index in [9.17, 15) is 4.79 Å². The van der Waals surface area contributed by atoms with Gasteiger partial charge in [-0.25, -0.2) is 4.39 Å². The van der Waals surface area contributed by atoms with E-state index in [-0.39, 0.29) is 16.3 Å². The second-order valence-electron chi connectivity index (χ2n) is 7.46. The largest absolute Gasteiger partial charge is 0.496 e. The van der Waals surface area contributed by atoms with Crippen LogP contribution in [-0.2, 0) is 6.42 Å².